The summed E-state index contributed by atoms with van der Waals surface area (Å²) < 4.78 is 16.8. The van der Waals surface area contributed by atoms with Crippen LogP contribution in [-0.4, -0.2) is 77.8 Å². The molecule has 150 valence electrons. The lowest BCUT2D eigenvalue weighted by molar-refractivity contribution is -0.124. The zero-order chi connectivity index (χ0) is 19.0. The van der Waals surface area contributed by atoms with Gasteiger partial charge in [-0.05, 0) is 27.3 Å². The van der Waals surface area contributed by atoms with Gasteiger partial charge < -0.3 is 30.2 Å². The molecule has 0 heterocycles. The van der Waals surface area contributed by atoms with Gasteiger partial charge in [-0.3, -0.25) is 4.79 Å². The molecule has 0 radical (unpaired) electrons. The molecule has 0 saturated carbocycles. The second kappa shape index (κ2) is 15.5. The number of hydrogen-bond donors (Lipinski definition) is 3. The minimum absolute atomic E-state index is 0.0194. The summed E-state index contributed by atoms with van der Waals surface area (Å²) in [5.74, 6) is 0.102. The molecule has 0 rings (SSSR count). The Hall–Kier alpha value is -0.730. The van der Waals surface area contributed by atoms with Crippen molar-refractivity contribution in [2.45, 2.75) is 39.7 Å². The van der Waals surface area contributed by atoms with E-state index in [-0.39, 0.29) is 17.4 Å². The van der Waals surface area contributed by atoms with E-state index in [2.05, 4.69) is 16.0 Å². The SMILES string of the molecule is CNCCOCCNCCOCCOC(C)(C)CCNC(=O)C(C)C. The fourth-order valence-corrected chi connectivity index (χ4v) is 1.93. The van der Waals surface area contributed by atoms with Gasteiger partial charge in [0.05, 0.1) is 38.6 Å². The van der Waals surface area contributed by atoms with E-state index in [4.69, 9.17) is 14.2 Å². The van der Waals surface area contributed by atoms with Crippen molar-refractivity contribution in [2.24, 2.45) is 5.92 Å². The summed E-state index contributed by atoms with van der Waals surface area (Å²) in [5.41, 5.74) is -0.267. The first-order chi connectivity index (χ1) is 11.9. The van der Waals surface area contributed by atoms with Crippen molar-refractivity contribution in [3.63, 3.8) is 0 Å². The van der Waals surface area contributed by atoms with Gasteiger partial charge in [0.15, 0.2) is 0 Å². The number of rotatable bonds is 17. The van der Waals surface area contributed by atoms with Gasteiger partial charge in [0.25, 0.3) is 0 Å². The van der Waals surface area contributed by atoms with Crippen LogP contribution in [0.4, 0.5) is 0 Å². The lowest BCUT2D eigenvalue weighted by Gasteiger charge is -2.25. The third kappa shape index (κ3) is 16.5. The minimum Gasteiger partial charge on any atom is -0.379 e. The highest BCUT2D eigenvalue weighted by molar-refractivity contribution is 5.77. The van der Waals surface area contributed by atoms with Crippen LogP contribution in [0.2, 0.25) is 0 Å². The summed E-state index contributed by atoms with van der Waals surface area (Å²) in [6.45, 7) is 14.2. The summed E-state index contributed by atoms with van der Waals surface area (Å²) >= 11 is 0. The maximum absolute atomic E-state index is 11.5. The van der Waals surface area contributed by atoms with Crippen molar-refractivity contribution in [1.29, 1.82) is 0 Å². The Balaban J connectivity index is 3.41. The van der Waals surface area contributed by atoms with Crippen LogP contribution in [0.25, 0.3) is 0 Å². The predicted molar refractivity (Wildman–Crippen MR) is 101 cm³/mol. The molecule has 7 nitrogen and oxygen atoms in total. The van der Waals surface area contributed by atoms with E-state index in [1.165, 1.54) is 0 Å². The van der Waals surface area contributed by atoms with E-state index < -0.39 is 0 Å². The predicted octanol–water partition coefficient (Wildman–Crippen LogP) is 0.786. The molecule has 0 saturated heterocycles. The van der Waals surface area contributed by atoms with E-state index in [0.717, 1.165) is 32.7 Å². The van der Waals surface area contributed by atoms with Crippen molar-refractivity contribution in [1.82, 2.24) is 16.0 Å². The molecule has 1 amide bonds. The molecule has 7 heteroatoms. The van der Waals surface area contributed by atoms with Gasteiger partial charge in [0, 0.05) is 32.1 Å². The van der Waals surface area contributed by atoms with E-state index in [0.29, 0.717) is 33.0 Å². The summed E-state index contributed by atoms with van der Waals surface area (Å²) in [7, 11) is 1.91. The van der Waals surface area contributed by atoms with Gasteiger partial charge in [0.2, 0.25) is 5.91 Å². The Labute approximate surface area is 153 Å². The molecular formula is C18H39N3O4. The molecule has 0 spiro atoms. The van der Waals surface area contributed by atoms with Crippen LogP contribution >= 0.6 is 0 Å². The zero-order valence-corrected chi connectivity index (χ0v) is 16.8. The molecular weight excluding hydrogens is 322 g/mol. The quantitative estimate of drug-likeness (QED) is 0.332. The van der Waals surface area contributed by atoms with Crippen molar-refractivity contribution in [3.05, 3.63) is 0 Å². The van der Waals surface area contributed by atoms with Gasteiger partial charge in [0.1, 0.15) is 0 Å². The van der Waals surface area contributed by atoms with Gasteiger partial charge in [-0.1, -0.05) is 13.8 Å². The highest BCUT2D eigenvalue weighted by Crippen LogP contribution is 2.13. The maximum Gasteiger partial charge on any atom is 0.222 e. The molecule has 0 aromatic rings. The van der Waals surface area contributed by atoms with Crippen LogP contribution in [0.15, 0.2) is 0 Å². The smallest absolute Gasteiger partial charge is 0.222 e. The number of carbonyl (C=O) groups excluding carboxylic acids is 1. The molecule has 0 aromatic carbocycles. The number of amides is 1. The Morgan fingerprint density at radius 2 is 1.52 bits per heavy atom. The standard InChI is InChI=1S/C18H39N3O4/c1-16(2)17(22)21-7-6-18(3,4)25-15-14-24-13-10-20-9-12-23-11-8-19-5/h16,19-20H,6-15H2,1-5H3,(H,21,22). The van der Waals surface area contributed by atoms with E-state index in [1.54, 1.807) is 0 Å². The largest absolute Gasteiger partial charge is 0.379 e. The molecule has 0 aliphatic carbocycles. The first kappa shape index (κ1) is 24.3. The van der Waals surface area contributed by atoms with E-state index in [1.807, 2.05) is 34.7 Å². The molecule has 3 N–H and O–H groups in total. The molecule has 0 atom stereocenters. The minimum atomic E-state index is -0.267. The Kier molecular flexibility index (Phi) is 15.1. The lowest BCUT2D eigenvalue weighted by Crippen LogP contribution is -2.35. The van der Waals surface area contributed by atoms with Crippen molar-refractivity contribution < 1.29 is 19.0 Å². The summed E-state index contributed by atoms with van der Waals surface area (Å²) in [5, 5.41) is 9.21. The van der Waals surface area contributed by atoms with Gasteiger partial charge >= 0.3 is 0 Å². The summed E-state index contributed by atoms with van der Waals surface area (Å²) in [6.07, 6.45) is 0.778. The fourth-order valence-electron chi connectivity index (χ4n) is 1.93. The van der Waals surface area contributed by atoms with Crippen molar-refractivity contribution in [3.8, 4) is 0 Å². The average molecular weight is 362 g/mol. The third-order valence-corrected chi connectivity index (χ3v) is 3.61. The van der Waals surface area contributed by atoms with Crippen LogP contribution in [0.3, 0.4) is 0 Å². The lowest BCUT2D eigenvalue weighted by atomic mass is 10.1. The molecule has 0 bridgehead atoms. The number of carbonyl (C=O) groups is 1. The summed E-state index contributed by atoms with van der Waals surface area (Å²) in [4.78, 5) is 11.5. The highest BCUT2D eigenvalue weighted by Gasteiger charge is 2.18. The summed E-state index contributed by atoms with van der Waals surface area (Å²) in [6, 6.07) is 0. The molecule has 25 heavy (non-hydrogen) atoms. The Morgan fingerprint density at radius 1 is 0.920 bits per heavy atom. The molecule has 0 unspecified atom stereocenters. The van der Waals surface area contributed by atoms with Crippen LogP contribution in [0.5, 0.6) is 0 Å². The highest BCUT2D eigenvalue weighted by atomic mass is 16.5. The number of ether oxygens (including phenoxy) is 3. The van der Waals surface area contributed by atoms with Gasteiger partial charge in [-0.25, -0.2) is 0 Å². The number of nitrogens with one attached hydrogen (secondary N) is 3. The fraction of sp³-hybridized carbons (Fsp3) is 0.944. The molecule has 0 fully saturated rings. The molecule has 0 aliphatic heterocycles. The zero-order valence-electron chi connectivity index (χ0n) is 16.8. The average Bonchev–Trinajstić information content (AvgIpc) is 2.55. The van der Waals surface area contributed by atoms with Gasteiger partial charge in [-0.2, -0.15) is 0 Å². The second-order valence-electron chi connectivity index (χ2n) is 6.88. The van der Waals surface area contributed by atoms with Crippen molar-refractivity contribution >= 4 is 5.91 Å². The number of likely N-dealkylation sites (N-methyl/N-ethyl adjacent to an activating group) is 1. The van der Waals surface area contributed by atoms with Crippen molar-refractivity contribution in [2.75, 3.05) is 66.3 Å². The Bertz CT molecular complexity index is 325. The third-order valence-electron chi connectivity index (χ3n) is 3.61. The van der Waals surface area contributed by atoms with E-state index in [9.17, 15) is 4.79 Å². The molecule has 0 aromatic heterocycles. The normalized spacial score (nSPS) is 11.9. The topological polar surface area (TPSA) is 80.8 Å². The monoisotopic (exact) mass is 361 g/mol. The maximum atomic E-state index is 11.5. The second-order valence-corrected chi connectivity index (χ2v) is 6.88. The first-order valence-electron chi connectivity index (χ1n) is 9.31. The first-order valence-corrected chi connectivity index (χ1v) is 9.31. The molecule has 0 aliphatic rings. The van der Waals surface area contributed by atoms with Crippen LogP contribution < -0.4 is 16.0 Å². The van der Waals surface area contributed by atoms with Crippen LogP contribution in [-0.2, 0) is 19.0 Å². The van der Waals surface area contributed by atoms with Crippen LogP contribution in [0, 0.1) is 5.92 Å². The number of hydrogen-bond acceptors (Lipinski definition) is 6. The van der Waals surface area contributed by atoms with Gasteiger partial charge in [-0.15, -0.1) is 0 Å². The Morgan fingerprint density at radius 3 is 2.12 bits per heavy atom. The van der Waals surface area contributed by atoms with E-state index >= 15 is 0 Å². The van der Waals surface area contributed by atoms with Crippen LogP contribution in [0.1, 0.15) is 34.1 Å².